The summed E-state index contributed by atoms with van der Waals surface area (Å²) in [4.78, 5) is -1.49. The lowest BCUT2D eigenvalue weighted by Crippen LogP contribution is -2.39. The molecule has 0 radical (unpaired) electrons. The first-order valence-electron chi connectivity index (χ1n) is 22.9. The van der Waals surface area contributed by atoms with E-state index in [1.165, 1.54) is 24.3 Å². The van der Waals surface area contributed by atoms with Crippen molar-refractivity contribution in [3.8, 4) is 34.5 Å². The molecular formula is C50H32F16O12S2. The fraction of sp³-hybridized carbons (Fsp3) is 0.280. The van der Waals surface area contributed by atoms with E-state index in [2.05, 4.69) is 8.37 Å². The Balaban J connectivity index is 0.000000194. The fourth-order valence-electron chi connectivity index (χ4n) is 8.45. The van der Waals surface area contributed by atoms with E-state index >= 15 is 0 Å². The first-order valence-corrected chi connectivity index (χ1v) is 25.7. The molecule has 0 amide bonds. The molecule has 4 aliphatic rings. The van der Waals surface area contributed by atoms with E-state index in [0.717, 1.165) is 48.5 Å². The highest BCUT2D eigenvalue weighted by atomic mass is 32.2. The molecule has 4 aliphatic heterocycles. The van der Waals surface area contributed by atoms with Crippen molar-refractivity contribution < 1.29 is 124 Å². The van der Waals surface area contributed by atoms with Crippen LogP contribution in [0.5, 0.6) is 34.5 Å². The molecule has 0 aliphatic carbocycles. The third-order valence-electron chi connectivity index (χ3n) is 12.6. The molecule has 0 unspecified atom stereocenters. The minimum Gasteiger partial charge on any atom is -0.493 e. The molecule has 0 aromatic heterocycles. The van der Waals surface area contributed by atoms with E-state index in [1.807, 2.05) is 0 Å². The van der Waals surface area contributed by atoms with Crippen LogP contribution in [0.2, 0.25) is 0 Å². The third-order valence-corrected chi connectivity index (χ3v) is 15.0. The van der Waals surface area contributed by atoms with Crippen LogP contribution in [0.25, 0.3) is 0 Å². The van der Waals surface area contributed by atoms with Crippen molar-refractivity contribution in [3.63, 3.8) is 0 Å². The Morgan fingerprint density at radius 3 is 1.02 bits per heavy atom. The molecular weight excluding hydrogens is 1160 g/mol. The van der Waals surface area contributed by atoms with Crippen LogP contribution in [0.15, 0.2) is 82.6 Å². The van der Waals surface area contributed by atoms with Crippen LogP contribution in [0.4, 0.5) is 70.2 Å². The normalized spacial score (nSPS) is 17.6. The second-order valence-corrected chi connectivity index (χ2v) is 20.8. The molecule has 6 aromatic rings. The maximum atomic E-state index is 14.0. The zero-order valence-corrected chi connectivity index (χ0v) is 41.3. The number of alkyl halides is 6. The van der Waals surface area contributed by atoms with Gasteiger partial charge in [-0.25, -0.2) is 26.3 Å². The summed E-state index contributed by atoms with van der Waals surface area (Å²) in [6.45, 7) is 0.725. The maximum absolute atomic E-state index is 14.0. The van der Waals surface area contributed by atoms with Crippen molar-refractivity contribution in [2.75, 3.05) is 39.6 Å². The Kier molecular flexibility index (Phi) is 15.6. The van der Waals surface area contributed by atoms with Gasteiger partial charge in [-0.2, -0.15) is 60.7 Å². The van der Waals surface area contributed by atoms with Gasteiger partial charge in [-0.15, -0.1) is 0 Å². The Bertz CT molecular complexity index is 3350. The molecule has 30 heteroatoms. The lowest BCUT2D eigenvalue weighted by Gasteiger charge is -2.31. The Labute approximate surface area is 440 Å². The van der Waals surface area contributed by atoms with Gasteiger partial charge in [0.2, 0.25) is 69.7 Å². The standard InChI is InChI=1S/2C25H16F8O6S/c2*26-19-20(27)22(29)24(23(30)21(19)28)39-40(34,35)13-2-4-15-14(5-6-37-17(15)8-13)16-3-1-11(25(31,32)33)7-18(16)38-12-9-36-10-12/h2*1-4,7-8,12,14H,5-6,9-10H2/t2*14-/m10/s1. The summed E-state index contributed by atoms with van der Waals surface area (Å²) in [5.74, 6) is -30.0. The average molecular weight is 1190 g/mol. The lowest BCUT2D eigenvalue weighted by atomic mass is 9.85. The summed E-state index contributed by atoms with van der Waals surface area (Å²) in [6.07, 6.45) is -9.68. The quantitative estimate of drug-likeness (QED) is 0.0498. The van der Waals surface area contributed by atoms with Crippen molar-refractivity contribution in [2.45, 2.75) is 59.0 Å². The molecule has 0 spiro atoms. The van der Waals surface area contributed by atoms with Crippen LogP contribution >= 0.6 is 0 Å². The lowest BCUT2D eigenvalue weighted by molar-refractivity contribution is -0.138. The van der Waals surface area contributed by atoms with Gasteiger partial charge in [0, 0.05) is 46.2 Å². The van der Waals surface area contributed by atoms with Crippen molar-refractivity contribution in [1.82, 2.24) is 0 Å². The largest absolute Gasteiger partial charge is 0.493 e. The summed E-state index contributed by atoms with van der Waals surface area (Å²) in [6, 6.07) is 12.1. The van der Waals surface area contributed by atoms with Gasteiger partial charge in [-0.05, 0) is 49.2 Å². The van der Waals surface area contributed by atoms with Crippen LogP contribution < -0.4 is 27.3 Å². The molecule has 10 rings (SSSR count). The molecule has 2 fully saturated rings. The molecule has 2 saturated heterocycles. The van der Waals surface area contributed by atoms with E-state index in [9.17, 15) is 87.1 Å². The summed E-state index contributed by atoms with van der Waals surface area (Å²) in [7, 11) is -10.3. The highest BCUT2D eigenvalue weighted by Gasteiger charge is 2.39. The average Bonchev–Trinajstić information content (AvgIpc) is 3.40. The van der Waals surface area contributed by atoms with Crippen LogP contribution in [-0.2, 0) is 42.1 Å². The van der Waals surface area contributed by atoms with Crippen molar-refractivity contribution in [2.24, 2.45) is 0 Å². The highest BCUT2D eigenvalue weighted by molar-refractivity contribution is 7.87. The number of benzene rings is 6. The second kappa shape index (κ2) is 21.7. The smallest absolute Gasteiger partial charge is 0.416 e. The highest BCUT2D eigenvalue weighted by Crippen LogP contribution is 2.47. The van der Waals surface area contributed by atoms with Gasteiger partial charge in [-0.1, -0.05) is 24.3 Å². The third kappa shape index (κ3) is 11.3. The Hall–Kier alpha value is -7.18. The number of hydrogen-bond donors (Lipinski definition) is 0. The van der Waals surface area contributed by atoms with E-state index in [1.54, 1.807) is 0 Å². The van der Waals surface area contributed by atoms with Crippen molar-refractivity contribution in [1.29, 1.82) is 0 Å². The molecule has 2 atom stereocenters. The fourth-order valence-corrected chi connectivity index (χ4v) is 10.3. The zero-order valence-electron chi connectivity index (χ0n) is 39.7. The van der Waals surface area contributed by atoms with Crippen LogP contribution in [-0.4, -0.2) is 68.7 Å². The second-order valence-electron chi connectivity index (χ2n) is 17.7. The predicted molar refractivity (Wildman–Crippen MR) is 238 cm³/mol. The summed E-state index contributed by atoms with van der Waals surface area (Å²) >= 11 is 0. The van der Waals surface area contributed by atoms with Gasteiger partial charge >= 0.3 is 32.6 Å². The Morgan fingerprint density at radius 1 is 0.412 bits per heavy atom. The van der Waals surface area contributed by atoms with Gasteiger partial charge in [0.25, 0.3) is 0 Å². The van der Waals surface area contributed by atoms with Gasteiger partial charge < -0.3 is 36.8 Å². The molecule has 428 valence electrons. The minimum atomic E-state index is -5.14. The molecule has 0 N–H and O–H groups in total. The predicted octanol–water partition coefficient (Wildman–Crippen LogP) is 11.7. The molecule has 12 nitrogen and oxygen atoms in total. The molecule has 0 bridgehead atoms. The van der Waals surface area contributed by atoms with Crippen molar-refractivity contribution >= 4 is 20.2 Å². The van der Waals surface area contributed by atoms with Gasteiger partial charge in [0.05, 0.1) is 50.8 Å². The molecule has 0 saturated carbocycles. The van der Waals surface area contributed by atoms with E-state index in [4.69, 9.17) is 28.4 Å². The van der Waals surface area contributed by atoms with Gasteiger partial charge in [0.1, 0.15) is 45.0 Å². The summed E-state index contributed by atoms with van der Waals surface area (Å²) < 4.78 is 309. The molecule has 4 heterocycles. The number of halogens is 16. The van der Waals surface area contributed by atoms with E-state index < -0.39 is 147 Å². The minimum absolute atomic E-state index is 0.00727. The van der Waals surface area contributed by atoms with Crippen molar-refractivity contribution in [3.05, 3.63) is 164 Å². The Morgan fingerprint density at radius 2 is 0.725 bits per heavy atom. The van der Waals surface area contributed by atoms with Gasteiger partial charge in [0.15, 0.2) is 0 Å². The number of fused-ring (bicyclic) bond motifs is 2. The summed E-state index contributed by atoms with van der Waals surface area (Å²) in [5, 5.41) is 0. The first kappa shape index (κ1) is 57.5. The number of hydrogen-bond acceptors (Lipinski definition) is 12. The van der Waals surface area contributed by atoms with Crippen LogP contribution in [0.1, 0.15) is 58.1 Å². The molecule has 6 aromatic carbocycles. The monoisotopic (exact) mass is 1190 g/mol. The van der Waals surface area contributed by atoms with E-state index in [-0.39, 0.29) is 75.5 Å². The maximum Gasteiger partial charge on any atom is 0.416 e. The zero-order chi connectivity index (χ0) is 58.0. The van der Waals surface area contributed by atoms with Crippen LogP contribution in [0.3, 0.4) is 0 Å². The molecule has 80 heavy (non-hydrogen) atoms. The number of ether oxygens (including phenoxy) is 6. The topological polar surface area (TPSA) is 142 Å². The summed E-state index contributed by atoms with van der Waals surface area (Å²) in [5.41, 5.74) is -0.474. The van der Waals surface area contributed by atoms with Crippen LogP contribution in [0, 0.1) is 58.2 Å². The van der Waals surface area contributed by atoms with E-state index in [0.29, 0.717) is 22.3 Å². The first-order chi connectivity index (χ1) is 37.5. The SMILES string of the molecule is O=S(=O)(Oc1c(F)c(F)c(F)c(F)c1F)c1ccc2c(c1)OCC[C@@H]2c1ccc(C(F)(F)F)cc1OC1COC1.O=S(=O)(Oc1c(F)c(F)c(F)c(F)c1F)c1ccc2c(c1)OCC[C@H]2c1ccc(C(F)(F)F)cc1OC1COC1. The number of rotatable bonds is 12. The van der Waals surface area contributed by atoms with Gasteiger partial charge in [-0.3, -0.25) is 0 Å².